The van der Waals surface area contributed by atoms with Crippen molar-refractivity contribution in [2.24, 2.45) is 0 Å². The zero-order valence-electron chi connectivity index (χ0n) is 12.7. The normalized spacial score (nSPS) is 20.0. The molecule has 0 amide bonds. The van der Waals surface area contributed by atoms with Crippen LogP contribution in [0, 0.1) is 0 Å². The zero-order valence-corrected chi connectivity index (χ0v) is 12.7. The minimum absolute atomic E-state index is 0.487. The van der Waals surface area contributed by atoms with E-state index in [1.54, 1.807) is 0 Å². The molecular formula is C20H23N. The Labute approximate surface area is 127 Å². The van der Waals surface area contributed by atoms with Crippen LogP contribution in [0.4, 0.5) is 0 Å². The van der Waals surface area contributed by atoms with Crippen molar-refractivity contribution in [3.8, 4) is 0 Å². The van der Waals surface area contributed by atoms with Gasteiger partial charge in [-0.15, -0.1) is 0 Å². The Morgan fingerprint density at radius 2 is 2.00 bits per heavy atom. The van der Waals surface area contributed by atoms with E-state index in [0.29, 0.717) is 5.92 Å². The summed E-state index contributed by atoms with van der Waals surface area (Å²) in [6.45, 7) is 4.27. The number of fused-ring (bicyclic) bond motifs is 1. The first kappa shape index (κ1) is 14.1. The van der Waals surface area contributed by atoms with Crippen molar-refractivity contribution in [3.63, 3.8) is 0 Å². The fourth-order valence-electron chi connectivity index (χ4n) is 3.23. The molecule has 1 aromatic carbocycles. The van der Waals surface area contributed by atoms with E-state index >= 15 is 0 Å². The molecular weight excluding hydrogens is 254 g/mol. The topological polar surface area (TPSA) is 12.0 Å². The van der Waals surface area contributed by atoms with Crippen molar-refractivity contribution >= 4 is 6.08 Å². The maximum Gasteiger partial charge on any atom is 0.0110 e. The largest absolute Gasteiger partial charge is 0.317 e. The Kier molecular flexibility index (Phi) is 4.52. The lowest BCUT2D eigenvalue weighted by Gasteiger charge is -2.21. The van der Waals surface area contributed by atoms with Crippen molar-refractivity contribution in [1.82, 2.24) is 5.32 Å². The number of benzene rings is 1. The lowest BCUT2D eigenvalue weighted by molar-refractivity contribution is 0.625. The third kappa shape index (κ3) is 3.08. The molecule has 0 bridgehead atoms. The van der Waals surface area contributed by atoms with Gasteiger partial charge in [0, 0.05) is 5.92 Å². The SMILES string of the molecule is CCNCCC1C2=C(C=Cc3ccccc31)CC=CC=C2. The second-order valence-electron chi connectivity index (χ2n) is 5.63. The highest BCUT2D eigenvalue weighted by Gasteiger charge is 2.21. The molecule has 108 valence electrons. The molecule has 0 heterocycles. The van der Waals surface area contributed by atoms with E-state index in [2.05, 4.69) is 73.0 Å². The number of hydrogen-bond acceptors (Lipinski definition) is 1. The monoisotopic (exact) mass is 277 g/mol. The summed E-state index contributed by atoms with van der Waals surface area (Å²) in [4.78, 5) is 0. The van der Waals surface area contributed by atoms with Crippen molar-refractivity contribution in [1.29, 1.82) is 0 Å². The van der Waals surface area contributed by atoms with Gasteiger partial charge in [0.25, 0.3) is 0 Å². The van der Waals surface area contributed by atoms with Crippen LogP contribution >= 0.6 is 0 Å². The summed E-state index contributed by atoms with van der Waals surface area (Å²) in [5.41, 5.74) is 5.77. The van der Waals surface area contributed by atoms with Crippen LogP contribution in [0.2, 0.25) is 0 Å². The minimum Gasteiger partial charge on any atom is -0.317 e. The van der Waals surface area contributed by atoms with Gasteiger partial charge in [0.05, 0.1) is 0 Å². The van der Waals surface area contributed by atoms with Crippen LogP contribution in [0.1, 0.15) is 36.8 Å². The summed E-state index contributed by atoms with van der Waals surface area (Å²) in [5, 5.41) is 3.48. The predicted octanol–water partition coefficient (Wildman–Crippen LogP) is 4.61. The van der Waals surface area contributed by atoms with Gasteiger partial charge in [-0.1, -0.05) is 67.6 Å². The number of rotatable bonds is 4. The fraction of sp³-hybridized carbons (Fsp3) is 0.300. The molecule has 1 heteroatoms. The third-order valence-electron chi connectivity index (χ3n) is 4.30. The van der Waals surface area contributed by atoms with Crippen molar-refractivity contribution in [2.75, 3.05) is 13.1 Å². The first-order valence-corrected chi connectivity index (χ1v) is 7.94. The fourth-order valence-corrected chi connectivity index (χ4v) is 3.23. The maximum absolute atomic E-state index is 3.48. The molecule has 0 spiro atoms. The zero-order chi connectivity index (χ0) is 14.5. The van der Waals surface area contributed by atoms with Crippen molar-refractivity contribution < 1.29 is 0 Å². The first-order chi connectivity index (χ1) is 10.4. The van der Waals surface area contributed by atoms with Gasteiger partial charge in [0.15, 0.2) is 0 Å². The molecule has 3 rings (SSSR count). The number of allylic oxidation sites excluding steroid dienone is 7. The van der Waals surface area contributed by atoms with Crippen LogP contribution in [0.5, 0.6) is 0 Å². The van der Waals surface area contributed by atoms with Gasteiger partial charge in [-0.2, -0.15) is 0 Å². The maximum atomic E-state index is 3.48. The lowest BCUT2D eigenvalue weighted by atomic mass is 9.84. The van der Waals surface area contributed by atoms with Gasteiger partial charge in [0.1, 0.15) is 0 Å². The molecule has 2 aliphatic carbocycles. The Hall–Kier alpha value is -1.86. The highest BCUT2D eigenvalue weighted by molar-refractivity contribution is 5.64. The summed E-state index contributed by atoms with van der Waals surface area (Å²) in [7, 11) is 0. The molecule has 0 aliphatic heterocycles. The van der Waals surface area contributed by atoms with Crippen LogP contribution in [0.25, 0.3) is 6.08 Å². The number of hydrogen-bond donors (Lipinski definition) is 1. The molecule has 1 aromatic rings. The predicted molar refractivity (Wildman–Crippen MR) is 91.3 cm³/mol. The highest BCUT2D eigenvalue weighted by Crippen LogP contribution is 2.38. The van der Waals surface area contributed by atoms with E-state index in [0.717, 1.165) is 25.9 Å². The first-order valence-electron chi connectivity index (χ1n) is 7.94. The molecule has 1 unspecified atom stereocenters. The average molecular weight is 277 g/mol. The molecule has 0 fully saturated rings. The second kappa shape index (κ2) is 6.73. The molecule has 21 heavy (non-hydrogen) atoms. The Balaban J connectivity index is 2.01. The van der Waals surface area contributed by atoms with Gasteiger partial charge >= 0.3 is 0 Å². The lowest BCUT2D eigenvalue weighted by Crippen LogP contribution is -2.18. The van der Waals surface area contributed by atoms with Gasteiger partial charge in [-0.3, -0.25) is 0 Å². The summed E-state index contributed by atoms with van der Waals surface area (Å²) in [6, 6.07) is 8.82. The van der Waals surface area contributed by atoms with E-state index in [9.17, 15) is 0 Å². The summed E-state index contributed by atoms with van der Waals surface area (Å²) >= 11 is 0. The Morgan fingerprint density at radius 1 is 1.10 bits per heavy atom. The molecule has 0 aromatic heterocycles. The van der Waals surface area contributed by atoms with Crippen LogP contribution in [-0.4, -0.2) is 13.1 Å². The minimum atomic E-state index is 0.487. The molecule has 0 saturated heterocycles. The van der Waals surface area contributed by atoms with Crippen LogP contribution in [0.3, 0.4) is 0 Å². The van der Waals surface area contributed by atoms with Crippen molar-refractivity contribution in [3.05, 3.63) is 76.9 Å². The Morgan fingerprint density at radius 3 is 2.90 bits per heavy atom. The smallest absolute Gasteiger partial charge is 0.0110 e. The van der Waals surface area contributed by atoms with Crippen LogP contribution in [0.15, 0.2) is 65.8 Å². The van der Waals surface area contributed by atoms with E-state index in [1.165, 1.54) is 22.3 Å². The molecule has 1 atom stereocenters. The number of nitrogens with one attached hydrogen (secondary N) is 1. The molecule has 1 nitrogen and oxygen atoms in total. The van der Waals surface area contributed by atoms with Crippen LogP contribution in [-0.2, 0) is 0 Å². The van der Waals surface area contributed by atoms with Crippen LogP contribution < -0.4 is 5.32 Å². The van der Waals surface area contributed by atoms with E-state index in [-0.39, 0.29) is 0 Å². The summed E-state index contributed by atoms with van der Waals surface area (Å²) in [5.74, 6) is 0.487. The van der Waals surface area contributed by atoms with Crippen molar-refractivity contribution in [2.45, 2.75) is 25.7 Å². The standard InChI is InChI=1S/C20H23N/c1-2-21-15-14-20-18-10-5-3-4-8-16(18)12-13-17-9-6-7-11-19(17)20/h3-7,9-13,20-21H,2,8,14-15H2,1H3. The summed E-state index contributed by atoms with van der Waals surface area (Å²) in [6.07, 6.45) is 15.7. The quantitative estimate of drug-likeness (QED) is 0.792. The van der Waals surface area contributed by atoms with E-state index < -0.39 is 0 Å². The molecule has 0 radical (unpaired) electrons. The highest BCUT2D eigenvalue weighted by atomic mass is 14.8. The average Bonchev–Trinajstić information content (AvgIpc) is 2.82. The third-order valence-corrected chi connectivity index (χ3v) is 4.30. The molecule has 2 aliphatic rings. The Bertz CT molecular complexity index is 616. The van der Waals surface area contributed by atoms with Gasteiger partial charge in [-0.25, -0.2) is 0 Å². The van der Waals surface area contributed by atoms with Gasteiger partial charge in [-0.05, 0) is 48.2 Å². The molecule has 1 N–H and O–H groups in total. The van der Waals surface area contributed by atoms with Gasteiger partial charge < -0.3 is 5.32 Å². The van der Waals surface area contributed by atoms with E-state index in [1.807, 2.05) is 0 Å². The van der Waals surface area contributed by atoms with Gasteiger partial charge in [0.2, 0.25) is 0 Å². The van der Waals surface area contributed by atoms with E-state index in [4.69, 9.17) is 0 Å². The molecule has 0 saturated carbocycles. The second-order valence-corrected chi connectivity index (χ2v) is 5.63. The summed E-state index contributed by atoms with van der Waals surface area (Å²) < 4.78 is 0.